The Morgan fingerprint density at radius 2 is 1.00 bits per heavy atom. The fourth-order valence-electron chi connectivity index (χ4n) is 3.96. The molecule has 24 heavy (non-hydrogen) atoms. The molecule has 1 heteroatoms. The predicted molar refractivity (Wildman–Crippen MR) is 117 cm³/mol. The van der Waals surface area contributed by atoms with Crippen molar-refractivity contribution >= 4 is 18.4 Å². The van der Waals surface area contributed by atoms with Gasteiger partial charge in [-0.2, -0.15) is 0 Å². The Balaban J connectivity index is 4.63. The number of rotatable bonds is 17. The molecule has 0 heterocycles. The first-order chi connectivity index (χ1) is 11.6. The van der Waals surface area contributed by atoms with Crippen LogP contribution in [-0.4, -0.2) is 18.4 Å². The standard InChI is InChI=1S/C11H21.3C4H9.Sn/c1-4-5-6-7-8-9-10-11(2)3;3*1-3-4-2;/h2H,4-10H2,1,3H3;3*1,3-4H2,2H3;. The first-order valence-corrected chi connectivity index (χ1v) is 19.0. The fourth-order valence-corrected chi connectivity index (χ4v) is 19.8. The number of hydrogen-bond donors (Lipinski definition) is 0. The summed E-state index contributed by atoms with van der Waals surface area (Å²) in [6.07, 6.45) is 18.6. The van der Waals surface area contributed by atoms with Gasteiger partial charge in [-0.15, -0.1) is 0 Å². The second-order valence-electron chi connectivity index (χ2n) is 8.18. The van der Waals surface area contributed by atoms with Crippen LogP contribution in [0.5, 0.6) is 0 Å². The van der Waals surface area contributed by atoms with Crippen molar-refractivity contribution in [3.8, 4) is 0 Å². The summed E-state index contributed by atoms with van der Waals surface area (Å²) in [6, 6.07) is 0. The average Bonchev–Trinajstić information content (AvgIpc) is 2.59. The molecule has 0 aliphatic rings. The van der Waals surface area contributed by atoms with Gasteiger partial charge >= 0.3 is 159 Å². The van der Waals surface area contributed by atoms with Gasteiger partial charge in [0.1, 0.15) is 0 Å². The van der Waals surface area contributed by atoms with E-state index in [9.17, 15) is 0 Å². The summed E-state index contributed by atoms with van der Waals surface area (Å²) in [6.45, 7) is 11.9. The van der Waals surface area contributed by atoms with Crippen LogP contribution in [0, 0.1) is 0 Å². The van der Waals surface area contributed by atoms with E-state index in [-0.39, 0.29) is 0 Å². The Hall–Kier alpha value is 0.539. The van der Waals surface area contributed by atoms with Gasteiger partial charge in [0.2, 0.25) is 0 Å². The van der Waals surface area contributed by atoms with Crippen LogP contribution in [-0.2, 0) is 0 Å². The Labute approximate surface area is 159 Å². The summed E-state index contributed by atoms with van der Waals surface area (Å²) in [5, 5.41) is 0. The monoisotopic (exact) mass is 444 g/mol. The van der Waals surface area contributed by atoms with Gasteiger partial charge in [0.15, 0.2) is 0 Å². The van der Waals surface area contributed by atoms with E-state index in [4.69, 9.17) is 0 Å². The zero-order chi connectivity index (χ0) is 18.1. The van der Waals surface area contributed by atoms with Crippen molar-refractivity contribution in [2.45, 2.75) is 131 Å². The molecule has 0 N–H and O–H groups in total. The van der Waals surface area contributed by atoms with E-state index in [2.05, 4.69) is 38.7 Å². The van der Waals surface area contributed by atoms with E-state index in [0.29, 0.717) is 0 Å². The zero-order valence-electron chi connectivity index (χ0n) is 17.9. The molecule has 0 fully saturated rings. The molecule has 0 radical (unpaired) electrons. The summed E-state index contributed by atoms with van der Waals surface area (Å²) < 4.78 is 7.82. The van der Waals surface area contributed by atoms with Gasteiger partial charge < -0.3 is 0 Å². The third-order valence-corrected chi connectivity index (χ3v) is 20.3. The van der Waals surface area contributed by atoms with Crippen molar-refractivity contribution in [2.75, 3.05) is 0 Å². The molecule has 0 rings (SSSR count). The molecule has 0 atom stereocenters. The predicted octanol–water partition coefficient (Wildman–Crippen LogP) is 9.07. The molecule has 0 aromatic heterocycles. The van der Waals surface area contributed by atoms with E-state index >= 15 is 0 Å². The van der Waals surface area contributed by atoms with Crippen LogP contribution in [0.4, 0.5) is 0 Å². The van der Waals surface area contributed by atoms with Gasteiger partial charge in [0.25, 0.3) is 0 Å². The van der Waals surface area contributed by atoms with Crippen LogP contribution in [0.2, 0.25) is 13.3 Å². The quantitative estimate of drug-likeness (QED) is 0.155. The third kappa shape index (κ3) is 12.8. The molecule has 144 valence electrons. The van der Waals surface area contributed by atoms with Crippen molar-refractivity contribution in [1.82, 2.24) is 0 Å². The first kappa shape index (κ1) is 24.5. The summed E-state index contributed by atoms with van der Waals surface area (Å²) in [4.78, 5) is 0. The van der Waals surface area contributed by atoms with Crippen LogP contribution in [0.25, 0.3) is 0 Å². The minimum atomic E-state index is -2.02. The van der Waals surface area contributed by atoms with Gasteiger partial charge in [0, 0.05) is 0 Å². The molecule has 0 nitrogen and oxygen atoms in total. The topological polar surface area (TPSA) is 0 Å². The van der Waals surface area contributed by atoms with E-state index in [0.717, 1.165) is 0 Å². The van der Waals surface area contributed by atoms with Gasteiger partial charge in [-0.1, -0.05) is 0 Å². The van der Waals surface area contributed by atoms with Crippen molar-refractivity contribution in [1.29, 1.82) is 0 Å². The van der Waals surface area contributed by atoms with E-state index in [1.54, 1.807) is 18.9 Å². The minimum absolute atomic E-state index is 1.36. The maximum absolute atomic E-state index is 2.95. The van der Waals surface area contributed by atoms with Crippen LogP contribution in [0.1, 0.15) is 118 Å². The van der Waals surface area contributed by atoms with Crippen molar-refractivity contribution in [3.63, 3.8) is 0 Å². The van der Waals surface area contributed by atoms with Gasteiger partial charge in [-0.3, -0.25) is 0 Å². The van der Waals surface area contributed by atoms with Crippen molar-refractivity contribution in [2.24, 2.45) is 0 Å². The second kappa shape index (κ2) is 17.0. The van der Waals surface area contributed by atoms with Gasteiger partial charge in [0.05, 0.1) is 0 Å². The van der Waals surface area contributed by atoms with Crippen molar-refractivity contribution in [3.05, 3.63) is 9.67 Å². The number of unbranched alkanes of at least 4 members (excludes halogenated alkanes) is 8. The van der Waals surface area contributed by atoms with Crippen molar-refractivity contribution < 1.29 is 0 Å². The molecule has 0 saturated carbocycles. The average molecular weight is 443 g/mol. The Morgan fingerprint density at radius 1 is 0.583 bits per heavy atom. The van der Waals surface area contributed by atoms with E-state index in [1.807, 2.05) is 0 Å². The third-order valence-electron chi connectivity index (χ3n) is 5.56. The summed E-state index contributed by atoms with van der Waals surface area (Å²) in [5.74, 6) is 0. The normalized spacial score (nSPS) is 12.8. The van der Waals surface area contributed by atoms with Crippen LogP contribution in [0.3, 0.4) is 0 Å². The van der Waals surface area contributed by atoms with Gasteiger partial charge in [-0.05, 0) is 0 Å². The molecule has 0 aromatic rings. The summed E-state index contributed by atoms with van der Waals surface area (Å²) in [7, 11) is 0. The molecule has 0 amide bonds. The molecule has 0 bridgehead atoms. The molecule has 0 saturated heterocycles. The maximum atomic E-state index is 2.95. The molecular weight excluding hydrogens is 395 g/mol. The molecule has 0 unspecified atom stereocenters. The molecule has 0 spiro atoms. The molecule has 0 aliphatic heterocycles. The fraction of sp³-hybridized carbons (Fsp3) is 0.913. The Morgan fingerprint density at radius 3 is 1.46 bits per heavy atom. The summed E-state index contributed by atoms with van der Waals surface area (Å²) >= 11 is -2.02. The number of allylic oxidation sites excluding steroid dienone is 1. The van der Waals surface area contributed by atoms with E-state index < -0.39 is 18.4 Å². The van der Waals surface area contributed by atoms with Gasteiger partial charge in [-0.25, -0.2) is 0 Å². The first-order valence-electron chi connectivity index (χ1n) is 11.3. The summed E-state index contributed by atoms with van der Waals surface area (Å²) in [5.41, 5.74) is 1.77. The van der Waals surface area contributed by atoms with Crippen LogP contribution < -0.4 is 0 Å². The Bertz CT molecular complexity index is 271. The van der Waals surface area contributed by atoms with E-state index in [1.165, 1.54) is 83.5 Å². The van der Waals surface area contributed by atoms with Crippen LogP contribution >= 0.6 is 0 Å². The zero-order valence-corrected chi connectivity index (χ0v) is 20.7. The molecular formula is C23H48Sn. The second-order valence-corrected chi connectivity index (χ2v) is 21.1. The van der Waals surface area contributed by atoms with Crippen LogP contribution in [0.15, 0.2) is 9.67 Å². The SMILES string of the molecule is CCCCCCCC/C(C)=[CH]/[Sn]([CH2]CCC)([CH2]CCC)[CH2]CCC. The Kier molecular flexibility index (Phi) is 17.4. The molecule has 0 aliphatic carbocycles. The number of hydrogen-bond acceptors (Lipinski definition) is 0. The molecule has 0 aromatic carbocycles.